The molecule has 0 aromatic heterocycles. The molecule has 2 aliphatic rings. The maximum atomic E-state index is 10.4. The van der Waals surface area contributed by atoms with Crippen molar-refractivity contribution in [2.45, 2.75) is 63.9 Å². The molecule has 2 heteroatoms. The summed E-state index contributed by atoms with van der Waals surface area (Å²) in [6.45, 7) is 5.66. The average Bonchev–Trinajstić information content (AvgIpc) is 2.57. The molecule has 2 rings (SSSR count). The van der Waals surface area contributed by atoms with Crippen LogP contribution in [0.1, 0.15) is 58.3 Å². The molecule has 1 atom stereocenters. The van der Waals surface area contributed by atoms with Crippen LogP contribution >= 0.6 is 0 Å². The third kappa shape index (κ3) is 3.21. The number of hydrogen-bond acceptors (Lipinski definition) is 2. The van der Waals surface area contributed by atoms with Crippen LogP contribution in [0.2, 0.25) is 0 Å². The Morgan fingerprint density at radius 2 is 1.88 bits per heavy atom. The van der Waals surface area contributed by atoms with Crippen LogP contribution in [0.15, 0.2) is 0 Å². The van der Waals surface area contributed by atoms with E-state index in [4.69, 9.17) is 0 Å². The SMILES string of the molecule is CCC1CCCN(CC2(O)CCCC2)CC1. The Bertz CT molecular complexity index is 211. The summed E-state index contributed by atoms with van der Waals surface area (Å²) in [5, 5.41) is 10.4. The zero-order valence-electron chi connectivity index (χ0n) is 10.7. The topological polar surface area (TPSA) is 23.5 Å². The summed E-state index contributed by atoms with van der Waals surface area (Å²) >= 11 is 0. The van der Waals surface area contributed by atoms with E-state index in [1.807, 2.05) is 0 Å². The van der Waals surface area contributed by atoms with Crippen molar-refractivity contribution < 1.29 is 5.11 Å². The Morgan fingerprint density at radius 1 is 1.12 bits per heavy atom. The van der Waals surface area contributed by atoms with E-state index in [1.54, 1.807) is 0 Å². The van der Waals surface area contributed by atoms with E-state index in [9.17, 15) is 5.11 Å². The summed E-state index contributed by atoms with van der Waals surface area (Å²) in [7, 11) is 0. The lowest BCUT2D eigenvalue weighted by Gasteiger charge is -2.30. The number of likely N-dealkylation sites (tertiary alicyclic amines) is 1. The van der Waals surface area contributed by atoms with Gasteiger partial charge in [0.25, 0.3) is 0 Å². The van der Waals surface area contributed by atoms with Gasteiger partial charge in [-0.15, -0.1) is 0 Å². The third-order valence-electron chi connectivity index (χ3n) is 4.57. The van der Waals surface area contributed by atoms with E-state index in [-0.39, 0.29) is 5.60 Å². The van der Waals surface area contributed by atoms with E-state index < -0.39 is 0 Å². The highest BCUT2D eigenvalue weighted by atomic mass is 16.3. The fourth-order valence-electron chi connectivity index (χ4n) is 3.40. The minimum absolute atomic E-state index is 0.341. The summed E-state index contributed by atoms with van der Waals surface area (Å²) in [5.74, 6) is 0.934. The molecule has 0 aromatic rings. The quantitative estimate of drug-likeness (QED) is 0.798. The Labute approximate surface area is 100 Å². The predicted octanol–water partition coefficient (Wildman–Crippen LogP) is 2.80. The molecule has 16 heavy (non-hydrogen) atoms. The number of β-amino-alcohol motifs (C(OH)–C–C–N with tert-alkyl or cyclic N) is 1. The molecular formula is C14H27NO. The second kappa shape index (κ2) is 5.50. The molecule has 2 fully saturated rings. The lowest BCUT2D eigenvalue weighted by Crippen LogP contribution is -2.41. The normalized spacial score (nSPS) is 31.5. The van der Waals surface area contributed by atoms with Crippen LogP contribution in [0, 0.1) is 5.92 Å². The number of hydrogen-bond donors (Lipinski definition) is 1. The maximum absolute atomic E-state index is 10.4. The van der Waals surface area contributed by atoms with Crippen molar-refractivity contribution in [1.29, 1.82) is 0 Å². The number of rotatable bonds is 3. The predicted molar refractivity (Wildman–Crippen MR) is 67.5 cm³/mol. The molecule has 1 aliphatic carbocycles. The monoisotopic (exact) mass is 225 g/mol. The van der Waals surface area contributed by atoms with E-state index in [0.29, 0.717) is 0 Å². The van der Waals surface area contributed by atoms with Gasteiger partial charge in [-0.2, -0.15) is 0 Å². The average molecular weight is 225 g/mol. The molecule has 1 heterocycles. The summed E-state index contributed by atoms with van der Waals surface area (Å²) in [5.41, 5.74) is -0.341. The molecule has 0 spiro atoms. The molecule has 0 bridgehead atoms. The highest BCUT2D eigenvalue weighted by Crippen LogP contribution is 2.31. The Hall–Kier alpha value is -0.0800. The van der Waals surface area contributed by atoms with Crippen LogP contribution in [0.3, 0.4) is 0 Å². The first-order valence-corrected chi connectivity index (χ1v) is 7.16. The van der Waals surface area contributed by atoms with Crippen molar-refractivity contribution in [1.82, 2.24) is 4.90 Å². The first-order valence-electron chi connectivity index (χ1n) is 7.16. The zero-order valence-corrected chi connectivity index (χ0v) is 10.7. The highest BCUT2D eigenvalue weighted by molar-refractivity contribution is 4.88. The van der Waals surface area contributed by atoms with E-state index in [1.165, 1.54) is 51.6 Å². The van der Waals surface area contributed by atoms with Crippen LogP contribution in [-0.4, -0.2) is 35.2 Å². The summed E-state index contributed by atoms with van der Waals surface area (Å²) in [6.07, 6.45) is 9.90. The molecule has 94 valence electrons. The minimum Gasteiger partial charge on any atom is -0.389 e. The van der Waals surface area contributed by atoms with Crippen LogP contribution in [0.25, 0.3) is 0 Å². The molecule has 2 nitrogen and oxygen atoms in total. The lowest BCUT2D eigenvalue weighted by molar-refractivity contribution is 0.0100. The molecule has 1 saturated heterocycles. The molecule has 1 aliphatic heterocycles. The summed E-state index contributed by atoms with van der Waals surface area (Å²) in [4.78, 5) is 2.51. The lowest BCUT2D eigenvalue weighted by atomic mass is 9.98. The standard InChI is InChI=1S/C14H27NO/c1-2-13-6-5-10-15(11-7-13)12-14(16)8-3-4-9-14/h13,16H,2-12H2,1H3. The molecule has 0 amide bonds. The maximum Gasteiger partial charge on any atom is 0.0774 e. The largest absolute Gasteiger partial charge is 0.389 e. The van der Waals surface area contributed by atoms with Crippen LogP contribution in [0.5, 0.6) is 0 Å². The molecule has 0 radical (unpaired) electrons. The number of nitrogens with zero attached hydrogens (tertiary/aromatic N) is 1. The molecule has 1 unspecified atom stereocenters. The van der Waals surface area contributed by atoms with Gasteiger partial charge < -0.3 is 10.0 Å². The Balaban J connectivity index is 1.81. The Morgan fingerprint density at radius 3 is 2.56 bits per heavy atom. The van der Waals surface area contributed by atoms with Crippen molar-refractivity contribution in [2.24, 2.45) is 5.92 Å². The van der Waals surface area contributed by atoms with Gasteiger partial charge in [0.1, 0.15) is 0 Å². The van der Waals surface area contributed by atoms with Crippen molar-refractivity contribution >= 4 is 0 Å². The zero-order chi connectivity index (χ0) is 11.4. The molecular weight excluding hydrogens is 198 g/mol. The van der Waals surface area contributed by atoms with Gasteiger partial charge in [-0.25, -0.2) is 0 Å². The summed E-state index contributed by atoms with van der Waals surface area (Å²) < 4.78 is 0. The van der Waals surface area contributed by atoms with Gasteiger partial charge >= 0.3 is 0 Å². The first kappa shape index (κ1) is 12.4. The Kier molecular flexibility index (Phi) is 4.26. The van der Waals surface area contributed by atoms with Crippen LogP contribution < -0.4 is 0 Å². The fraction of sp³-hybridized carbons (Fsp3) is 1.00. The van der Waals surface area contributed by atoms with Crippen molar-refractivity contribution in [3.8, 4) is 0 Å². The van der Waals surface area contributed by atoms with Gasteiger partial charge in [0.15, 0.2) is 0 Å². The molecule has 1 saturated carbocycles. The van der Waals surface area contributed by atoms with Crippen molar-refractivity contribution in [2.75, 3.05) is 19.6 Å². The molecule has 1 N–H and O–H groups in total. The third-order valence-corrected chi connectivity index (χ3v) is 4.57. The fourth-order valence-corrected chi connectivity index (χ4v) is 3.40. The van der Waals surface area contributed by atoms with Crippen LogP contribution in [0.4, 0.5) is 0 Å². The van der Waals surface area contributed by atoms with Crippen molar-refractivity contribution in [3.63, 3.8) is 0 Å². The van der Waals surface area contributed by atoms with Gasteiger partial charge in [0.2, 0.25) is 0 Å². The van der Waals surface area contributed by atoms with Gasteiger partial charge in [-0.1, -0.05) is 26.2 Å². The van der Waals surface area contributed by atoms with E-state index in [0.717, 1.165) is 25.3 Å². The van der Waals surface area contributed by atoms with Gasteiger partial charge in [-0.3, -0.25) is 0 Å². The first-order chi connectivity index (χ1) is 7.72. The second-order valence-electron chi connectivity index (χ2n) is 5.91. The summed E-state index contributed by atoms with van der Waals surface area (Å²) in [6, 6.07) is 0. The minimum atomic E-state index is -0.341. The molecule has 0 aromatic carbocycles. The second-order valence-corrected chi connectivity index (χ2v) is 5.91. The van der Waals surface area contributed by atoms with Gasteiger partial charge in [0.05, 0.1) is 5.60 Å². The van der Waals surface area contributed by atoms with E-state index in [2.05, 4.69) is 11.8 Å². The van der Waals surface area contributed by atoms with E-state index >= 15 is 0 Å². The van der Waals surface area contributed by atoms with Gasteiger partial charge in [-0.05, 0) is 51.1 Å². The smallest absolute Gasteiger partial charge is 0.0774 e. The van der Waals surface area contributed by atoms with Crippen LogP contribution in [-0.2, 0) is 0 Å². The number of aliphatic hydroxyl groups is 1. The van der Waals surface area contributed by atoms with Crippen molar-refractivity contribution in [3.05, 3.63) is 0 Å². The highest BCUT2D eigenvalue weighted by Gasteiger charge is 2.33. The van der Waals surface area contributed by atoms with Gasteiger partial charge in [0, 0.05) is 6.54 Å².